The van der Waals surface area contributed by atoms with Crippen molar-refractivity contribution in [2.75, 3.05) is 6.61 Å². The molecule has 0 radical (unpaired) electrons. The Morgan fingerprint density at radius 1 is 1.58 bits per heavy atom. The van der Waals surface area contributed by atoms with E-state index in [9.17, 15) is 13.0 Å². The van der Waals surface area contributed by atoms with Crippen molar-refractivity contribution < 1.29 is 21.9 Å². The zero-order chi connectivity index (χ0) is 9.19. The van der Waals surface area contributed by atoms with Crippen LogP contribution < -0.4 is 0 Å². The van der Waals surface area contributed by atoms with E-state index in [1.807, 2.05) is 6.92 Å². The van der Waals surface area contributed by atoms with Crippen LogP contribution in [0.25, 0.3) is 0 Å². The maximum absolute atomic E-state index is 10.0. The van der Waals surface area contributed by atoms with Gasteiger partial charge in [0.25, 0.3) is 0 Å². The Bertz CT molecular complexity index is 234. The smallest absolute Gasteiger partial charge is 0.217 e. The van der Waals surface area contributed by atoms with Gasteiger partial charge < -0.3 is 9.29 Å². The van der Waals surface area contributed by atoms with Crippen LogP contribution in [-0.4, -0.2) is 31.8 Å². The molecule has 1 rings (SSSR count). The minimum Gasteiger partial charge on any atom is -0.726 e. The summed E-state index contributed by atoms with van der Waals surface area (Å²) in [6.45, 7) is 1.74. The standard InChI is InChI=1S/C6H12O5S/c1-5-2-3-6(11-5)4-10-12(7,8)9/h5-6H,2-4H2,1H3,(H,7,8,9)/p-1. The highest BCUT2D eigenvalue weighted by molar-refractivity contribution is 7.80. The van der Waals surface area contributed by atoms with E-state index in [0.717, 1.165) is 12.8 Å². The summed E-state index contributed by atoms with van der Waals surface area (Å²) in [7, 11) is -4.56. The highest BCUT2D eigenvalue weighted by atomic mass is 32.3. The third-order valence-corrected chi connectivity index (χ3v) is 2.14. The summed E-state index contributed by atoms with van der Waals surface area (Å²) in [5.41, 5.74) is 0. The molecule has 0 amide bonds. The Morgan fingerprint density at radius 3 is 2.67 bits per heavy atom. The van der Waals surface area contributed by atoms with E-state index in [4.69, 9.17) is 4.74 Å². The average molecular weight is 195 g/mol. The zero-order valence-electron chi connectivity index (χ0n) is 6.73. The molecule has 1 saturated heterocycles. The predicted octanol–water partition coefficient (Wildman–Crippen LogP) is 0.0307. The normalized spacial score (nSPS) is 30.8. The van der Waals surface area contributed by atoms with E-state index < -0.39 is 10.4 Å². The lowest BCUT2D eigenvalue weighted by molar-refractivity contribution is 0.0248. The minimum atomic E-state index is -4.56. The fraction of sp³-hybridized carbons (Fsp3) is 1.00. The molecule has 0 aromatic carbocycles. The highest BCUT2D eigenvalue weighted by Crippen LogP contribution is 2.19. The van der Waals surface area contributed by atoms with Gasteiger partial charge in [-0.2, -0.15) is 0 Å². The topological polar surface area (TPSA) is 75.7 Å². The van der Waals surface area contributed by atoms with Gasteiger partial charge in [-0.3, -0.25) is 4.18 Å². The van der Waals surface area contributed by atoms with Gasteiger partial charge >= 0.3 is 0 Å². The van der Waals surface area contributed by atoms with Crippen LogP contribution in [0.3, 0.4) is 0 Å². The van der Waals surface area contributed by atoms with Gasteiger partial charge in [0.15, 0.2) is 0 Å². The summed E-state index contributed by atoms with van der Waals surface area (Å²) in [6, 6.07) is 0. The van der Waals surface area contributed by atoms with Gasteiger partial charge in [-0.1, -0.05) is 0 Å². The molecule has 0 aromatic heterocycles. The van der Waals surface area contributed by atoms with Gasteiger partial charge in [0.05, 0.1) is 18.8 Å². The van der Waals surface area contributed by atoms with Gasteiger partial charge in [-0.25, -0.2) is 8.42 Å². The van der Waals surface area contributed by atoms with Crippen LogP contribution in [0.4, 0.5) is 0 Å². The van der Waals surface area contributed by atoms with E-state index in [1.54, 1.807) is 0 Å². The molecule has 1 fully saturated rings. The monoisotopic (exact) mass is 195 g/mol. The summed E-state index contributed by atoms with van der Waals surface area (Å²) in [6.07, 6.45) is 1.51. The second kappa shape index (κ2) is 3.69. The van der Waals surface area contributed by atoms with E-state index in [2.05, 4.69) is 4.18 Å². The second-order valence-corrected chi connectivity index (χ2v) is 3.89. The quantitative estimate of drug-likeness (QED) is 0.469. The molecule has 2 atom stereocenters. The van der Waals surface area contributed by atoms with E-state index in [0.29, 0.717) is 0 Å². The molecule has 0 N–H and O–H groups in total. The third kappa shape index (κ3) is 3.48. The van der Waals surface area contributed by atoms with Crippen LogP contribution in [-0.2, 0) is 19.3 Å². The van der Waals surface area contributed by atoms with Crippen LogP contribution in [0.15, 0.2) is 0 Å². The number of ether oxygens (including phenoxy) is 1. The lowest BCUT2D eigenvalue weighted by Crippen LogP contribution is -2.18. The third-order valence-electron chi connectivity index (χ3n) is 1.72. The SMILES string of the molecule is CC1CCC(COS(=O)(=O)[O-])O1. The molecule has 1 aliphatic heterocycles. The minimum absolute atomic E-state index is 0.132. The van der Waals surface area contributed by atoms with Gasteiger partial charge in [-0.15, -0.1) is 0 Å². The molecule has 12 heavy (non-hydrogen) atoms. The molecule has 0 spiro atoms. The van der Waals surface area contributed by atoms with Crippen molar-refractivity contribution in [1.29, 1.82) is 0 Å². The lowest BCUT2D eigenvalue weighted by atomic mass is 10.2. The Balaban J connectivity index is 2.25. The molecule has 1 aliphatic rings. The Hall–Kier alpha value is -0.170. The Morgan fingerprint density at radius 2 is 2.25 bits per heavy atom. The van der Waals surface area contributed by atoms with Crippen LogP contribution in [0.1, 0.15) is 19.8 Å². The summed E-state index contributed by atoms with van der Waals surface area (Å²) in [5, 5.41) is 0. The highest BCUT2D eigenvalue weighted by Gasteiger charge is 2.22. The van der Waals surface area contributed by atoms with Gasteiger partial charge in [0.2, 0.25) is 10.4 Å². The molecule has 0 aliphatic carbocycles. The number of hydrogen-bond donors (Lipinski definition) is 0. The van der Waals surface area contributed by atoms with Crippen molar-refractivity contribution in [2.45, 2.75) is 32.0 Å². The molecule has 1 heterocycles. The van der Waals surface area contributed by atoms with E-state index >= 15 is 0 Å². The largest absolute Gasteiger partial charge is 0.726 e. The average Bonchev–Trinajstić information content (AvgIpc) is 2.30. The van der Waals surface area contributed by atoms with Crippen LogP contribution in [0.5, 0.6) is 0 Å². The first-order valence-corrected chi connectivity index (χ1v) is 5.06. The molecule has 0 bridgehead atoms. The predicted molar refractivity (Wildman–Crippen MR) is 39.2 cm³/mol. The first kappa shape index (κ1) is 9.91. The molecule has 5 nitrogen and oxygen atoms in total. The van der Waals surface area contributed by atoms with Crippen molar-refractivity contribution in [3.63, 3.8) is 0 Å². The zero-order valence-corrected chi connectivity index (χ0v) is 7.54. The summed E-state index contributed by atoms with van der Waals surface area (Å²) >= 11 is 0. The summed E-state index contributed by atoms with van der Waals surface area (Å²) in [5.74, 6) is 0. The Kier molecular flexibility index (Phi) is 3.05. The molecule has 0 saturated carbocycles. The maximum Gasteiger partial charge on any atom is 0.217 e. The van der Waals surface area contributed by atoms with Crippen molar-refractivity contribution >= 4 is 10.4 Å². The van der Waals surface area contributed by atoms with Crippen LogP contribution in [0.2, 0.25) is 0 Å². The first-order valence-electron chi connectivity index (χ1n) is 3.73. The Labute approximate surface area is 71.6 Å². The van der Waals surface area contributed by atoms with Crippen molar-refractivity contribution in [2.24, 2.45) is 0 Å². The van der Waals surface area contributed by atoms with Crippen LogP contribution in [0, 0.1) is 0 Å². The molecule has 72 valence electrons. The van der Waals surface area contributed by atoms with E-state index in [1.165, 1.54) is 0 Å². The van der Waals surface area contributed by atoms with Crippen molar-refractivity contribution in [3.8, 4) is 0 Å². The van der Waals surface area contributed by atoms with Gasteiger partial charge in [0, 0.05) is 0 Å². The second-order valence-electron chi connectivity index (χ2n) is 2.84. The van der Waals surface area contributed by atoms with E-state index in [-0.39, 0.29) is 18.8 Å². The fourth-order valence-corrected chi connectivity index (χ4v) is 1.49. The number of rotatable bonds is 3. The molecule has 2 unspecified atom stereocenters. The molecular formula is C6H11O5S-. The van der Waals surface area contributed by atoms with Gasteiger partial charge in [0.1, 0.15) is 0 Å². The van der Waals surface area contributed by atoms with Crippen molar-refractivity contribution in [1.82, 2.24) is 0 Å². The van der Waals surface area contributed by atoms with Crippen LogP contribution >= 0.6 is 0 Å². The fourth-order valence-electron chi connectivity index (χ4n) is 1.17. The number of hydrogen-bond acceptors (Lipinski definition) is 5. The summed E-state index contributed by atoms with van der Waals surface area (Å²) < 4.78 is 39.4. The first-order chi connectivity index (χ1) is 5.47. The lowest BCUT2D eigenvalue weighted by Gasteiger charge is -2.12. The molecular weight excluding hydrogens is 184 g/mol. The molecule has 0 aromatic rings. The van der Waals surface area contributed by atoms with Crippen molar-refractivity contribution in [3.05, 3.63) is 0 Å². The molecule has 6 heteroatoms. The van der Waals surface area contributed by atoms with Gasteiger partial charge in [-0.05, 0) is 19.8 Å². The maximum atomic E-state index is 10.0. The summed E-state index contributed by atoms with van der Waals surface area (Å²) in [4.78, 5) is 0.